The highest BCUT2D eigenvalue weighted by atomic mass is 16.5. The summed E-state index contributed by atoms with van der Waals surface area (Å²) < 4.78 is 6.20. The summed E-state index contributed by atoms with van der Waals surface area (Å²) in [5.41, 5.74) is 6.72. The van der Waals surface area contributed by atoms with Crippen LogP contribution >= 0.6 is 0 Å². The molecule has 0 spiro atoms. The van der Waals surface area contributed by atoms with Crippen LogP contribution in [0.25, 0.3) is 5.57 Å². The van der Waals surface area contributed by atoms with Crippen molar-refractivity contribution in [1.82, 2.24) is 15.1 Å². The van der Waals surface area contributed by atoms with E-state index in [-0.39, 0.29) is 29.3 Å². The Hall–Kier alpha value is -3.90. The molecule has 232 valence electrons. The van der Waals surface area contributed by atoms with Gasteiger partial charge in [-0.2, -0.15) is 0 Å². The zero-order chi connectivity index (χ0) is 31.3. The standard InChI is InChI=1S/C38H47N3O3/c1-27(42)41-25-31-24-32(36(34(26-41)39-31)37(43)40(5)22-21-28-12-7-6-8-13-28)30-19-17-29(18-20-30)14-11-23-44-35-16-10-9-15-33(35)38(2,3)4/h6-10,12-13,15-20,31,34,39H,11,14,21-26H2,1-5H3/t31-,34-/m1/s1. The van der Waals surface area contributed by atoms with Gasteiger partial charge in [0.1, 0.15) is 5.75 Å². The maximum Gasteiger partial charge on any atom is 0.251 e. The van der Waals surface area contributed by atoms with Crippen LogP contribution in [0.3, 0.4) is 0 Å². The predicted molar refractivity (Wildman–Crippen MR) is 178 cm³/mol. The van der Waals surface area contributed by atoms with Crippen molar-refractivity contribution in [2.75, 3.05) is 33.3 Å². The Labute approximate surface area is 263 Å². The minimum atomic E-state index is -0.180. The van der Waals surface area contributed by atoms with E-state index in [1.165, 1.54) is 16.7 Å². The van der Waals surface area contributed by atoms with Gasteiger partial charge in [-0.1, -0.05) is 93.6 Å². The van der Waals surface area contributed by atoms with Crippen LogP contribution in [-0.2, 0) is 27.8 Å². The molecule has 3 aromatic rings. The first-order valence-electron chi connectivity index (χ1n) is 16.0. The second-order valence-corrected chi connectivity index (χ2v) is 13.3. The topological polar surface area (TPSA) is 61.9 Å². The van der Waals surface area contributed by atoms with Crippen LogP contribution in [0.2, 0.25) is 0 Å². The van der Waals surface area contributed by atoms with Crippen LogP contribution in [0.5, 0.6) is 5.75 Å². The minimum Gasteiger partial charge on any atom is -0.493 e. The number of carbonyl (C=O) groups is 2. The zero-order valence-corrected chi connectivity index (χ0v) is 26.9. The number of carbonyl (C=O) groups excluding carboxylic acids is 2. The quantitative estimate of drug-likeness (QED) is 0.291. The summed E-state index contributed by atoms with van der Waals surface area (Å²) in [6.45, 7) is 10.7. The van der Waals surface area contributed by atoms with Gasteiger partial charge in [0.15, 0.2) is 0 Å². The average Bonchev–Trinajstić information content (AvgIpc) is 3.01. The van der Waals surface area contributed by atoms with Gasteiger partial charge in [-0.05, 0) is 65.0 Å². The summed E-state index contributed by atoms with van der Waals surface area (Å²) in [5, 5.41) is 3.66. The third-order valence-electron chi connectivity index (χ3n) is 8.87. The zero-order valence-electron chi connectivity index (χ0n) is 26.9. The van der Waals surface area contributed by atoms with Gasteiger partial charge < -0.3 is 19.9 Å². The number of fused-ring (bicyclic) bond motifs is 2. The van der Waals surface area contributed by atoms with E-state index in [0.29, 0.717) is 32.7 Å². The maximum absolute atomic E-state index is 14.0. The van der Waals surface area contributed by atoms with Crippen LogP contribution in [0.15, 0.2) is 84.4 Å². The van der Waals surface area contributed by atoms with Gasteiger partial charge in [0.05, 0.1) is 12.6 Å². The second kappa shape index (κ2) is 13.8. The van der Waals surface area contributed by atoms with Crippen LogP contribution in [-0.4, -0.2) is 67.0 Å². The fourth-order valence-electron chi connectivity index (χ4n) is 6.42. The lowest BCUT2D eigenvalue weighted by Crippen LogP contribution is -2.61. The van der Waals surface area contributed by atoms with Gasteiger partial charge >= 0.3 is 0 Å². The molecule has 2 aliphatic rings. The van der Waals surface area contributed by atoms with Gasteiger partial charge in [-0.15, -0.1) is 0 Å². The fraction of sp³-hybridized carbons (Fsp3) is 0.421. The van der Waals surface area contributed by atoms with Gasteiger partial charge in [0.25, 0.3) is 5.91 Å². The largest absolute Gasteiger partial charge is 0.493 e. The monoisotopic (exact) mass is 593 g/mol. The van der Waals surface area contributed by atoms with Crippen molar-refractivity contribution in [2.45, 2.75) is 70.9 Å². The van der Waals surface area contributed by atoms with E-state index in [4.69, 9.17) is 4.74 Å². The molecule has 2 bridgehead atoms. The normalized spacial score (nSPS) is 18.2. The van der Waals surface area contributed by atoms with Gasteiger partial charge in [0, 0.05) is 45.2 Å². The molecule has 0 saturated carbocycles. The number of piperazine rings is 1. The highest BCUT2D eigenvalue weighted by molar-refractivity contribution is 6.03. The molecule has 3 aromatic carbocycles. The van der Waals surface area contributed by atoms with Crippen molar-refractivity contribution in [3.63, 3.8) is 0 Å². The fourth-order valence-corrected chi connectivity index (χ4v) is 6.42. The lowest BCUT2D eigenvalue weighted by molar-refractivity contribution is -0.132. The smallest absolute Gasteiger partial charge is 0.251 e. The van der Waals surface area contributed by atoms with Crippen molar-refractivity contribution >= 4 is 17.4 Å². The maximum atomic E-state index is 14.0. The Morgan fingerprint density at radius 3 is 2.30 bits per heavy atom. The number of benzene rings is 3. The van der Waals surface area contributed by atoms with E-state index < -0.39 is 0 Å². The van der Waals surface area contributed by atoms with Crippen molar-refractivity contribution in [2.24, 2.45) is 0 Å². The summed E-state index contributed by atoms with van der Waals surface area (Å²) in [7, 11) is 1.89. The molecule has 1 saturated heterocycles. The summed E-state index contributed by atoms with van der Waals surface area (Å²) in [6, 6.07) is 27.2. The van der Waals surface area contributed by atoms with E-state index in [2.05, 4.69) is 80.7 Å². The van der Waals surface area contributed by atoms with Crippen molar-refractivity contribution < 1.29 is 14.3 Å². The first-order chi connectivity index (χ1) is 21.1. The Morgan fingerprint density at radius 2 is 1.59 bits per heavy atom. The molecule has 0 aromatic heterocycles. The summed E-state index contributed by atoms with van der Waals surface area (Å²) >= 11 is 0. The molecular weight excluding hydrogens is 546 g/mol. The molecule has 6 heteroatoms. The van der Waals surface area contributed by atoms with E-state index in [1.807, 2.05) is 41.1 Å². The Bertz CT molecular complexity index is 1470. The number of amides is 2. The van der Waals surface area contributed by atoms with Crippen LogP contribution in [0.4, 0.5) is 0 Å². The van der Waals surface area contributed by atoms with E-state index in [0.717, 1.165) is 41.7 Å². The molecule has 5 rings (SSSR count). The first-order valence-corrected chi connectivity index (χ1v) is 16.0. The van der Waals surface area contributed by atoms with Crippen molar-refractivity contribution in [1.29, 1.82) is 0 Å². The predicted octanol–water partition coefficient (Wildman–Crippen LogP) is 6.04. The number of nitrogens with zero attached hydrogens (tertiary/aromatic N) is 2. The number of para-hydroxylation sites is 1. The lowest BCUT2D eigenvalue weighted by Gasteiger charge is -2.44. The van der Waals surface area contributed by atoms with E-state index >= 15 is 0 Å². The Morgan fingerprint density at radius 1 is 0.909 bits per heavy atom. The second-order valence-electron chi connectivity index (χ2n) is 13.3. The number of aryl methyl sites for hydroxylation is 1. The highest BCUT2D eigenvalue weighted by Gasteiger charge is 2.39. The third kappa shape index (κ3) is 7.59. The van der Waals surface area contributed by atoms with Gasteiger partial charge in [-0.25, -0.2) is 0 Å². The molecule has 2 heterocycles. The van der Waals surface area contributed by atoms with Gasteiger partial charge in [-0.3, -0.25) is 9.59 Å². The molecule has 2 aliphatic heterocycles. The molecule has 1 N–H and O–H groups in total. The highest BCUT2D eigenvalue weighted by Crippen LogP contribution is 2.35. The third-order valence-corrected chi connectivity index (χ3v) is 8.87. The number of hydrogen-bond donors (Lipinski definition) is 1. The molecule has 1 fully saturated rings. The molecule has 2 atom stereocenters. The molecule has 6 nitrogen and oxygen atoms in total. The van der Waals surface area contributed by atoms with E-state index in [9.17, 15) is 9.59 Å². The molecule has 2 amide bonds. The van der Waals surface area contributed by atoms with Gasteiger partial charge in [0.2, 0.25) is 5.91 Å². The molecular formula is C38H47N3O3. The van der Waals surface area contributed by atoms with Crippen LogP contribution in [0, 0.1) is 0 Å². The minimum absolute atomic E-state index is 0.0362. The Kier molecular flexibility index (Phi) is 9.90. The molecule has 0 aliphatic carbocycles. The van der Waals surface area contributed by atoms with Crippen molar-refractivity contribution in [3.8, 4) is 5.75 Å². The van der Waals surface area contributed by atoms with Crippen LogP contribution < -0.4 is 10.1 Å². The number of likely N-dealkylation sites (N-methyl/N-ethyl adjacent to an activating group) is 1. The molecule has 0 unspecified atom stereocenters. The summed E-state index contributed by atoms with van der Waals surface area (Å²) in [6.07, 6.45) is 3.36. The number of rotatable bonds is 10. The lowest BCUT2D eigenvalue weighted by atomic mass is 9.82. The number of nitrogens with one attached hydrogen (secondary N) is 1. The number of hydrogen-bond acceptors (Lipinski definition) is 4. The molecule has 44 heavy (non-hydrogen) atoms. The summed E-state index contributed by atoms with van der Waals surface area (Å²) in [4.78, 5) is 30.1. The first kappa shape index (κ1) is 31.5. The Balaban J connectivity index is 1.29. The van der Waals surface area contributed by atoms with E-state index in [1.54, 1.807) is 6.92 Å². The SMILES string of the molecule is CC(=O)N1C[C@H]2CC(c3ccc(CCCOc4ccccc4C(C)(C)C)cc3)=C(C(=O)N(C)CCc3ccccc3)[C@@H](C1)N2. The molecule has 0 radical (unpaired) electrons. The van der Waals surface area contributed by atoms with Crippen LogP contribution in [0.1, 0.15) is 62.8 Å². The van der Waals surface area contributed by atoms with Crippen molar-refractivity contribution in [3.05, 3.63) is 107 Å². The average molecular weight is 594 g/mol. The summed E-state index contributed by atoms with van der Waals surface area (Å²) in [5.74, 6) is 1.06. The number of ether oxygens (including phenoxy) is 1.